The summed E-state index contributed by atoms with van der Waals surface area (Å²) in [5.41, 5.74) is 1.57. The molecule has 0 bridgehead atoms. The zero-order valence-corrected chi connectivity index (χ0v) is 7.44. The SMILES string of the molecule is C=C(C)CNCC1(C)COC1. The average molecular weight is 155 g/mol. The molecule has 11 heavy (non-hydrogen) atoms. The van der Waals surface area contributed by atoms with Crippen LogP contribution in [0.5, 0.6) is 0 Å². The standard InChI is InChI=1S/C9H17NO/c1-8(2)4-10-5-9(3)6-11-7-9/h10H,1,4-7H2,2-3H3. The zero-order chi connectivity index (χ0) is 8.32. The molecule has 0 radical (unpaired) electrons. The average Bonchev–Trinajstić information content (AvgIpc) is 1.83. The summed E-state index contributed by atoms with van der Waals surface area (Å²) in [6.07, 6.45) is 0. The molecule has 64 valence electrons. The molecule has 1 fully saturated rings. The molecule has 0 unspecified atom stereocenters. The fourth-order valence-corrected chi connectivity index (χ4v) is 1.13. The lowest BCUT2D eigenvalue weighted by Crippen LogP contribution is -2.47. The van der Waals surface area contributed by atoms with E-state index in [0.717, 1.165) is 26.3 Å². The maximum absolute atomic E-state index is 5.13. The molecule has 0 aliphatic carbocycles. The molecule has 2 nitrogen and oxygen atoms in total. The van der Waals surface area contributed by atoms with Crippen LogP contribution in [0.25, 0.3) is 0 Å². The predicted molar refractivity (Wildman–Crippen MR) is 46.6 cm³/mol. The summed E-state index contributed by atoms with van der Waals surface area (Å²) in [6, 6.07) is 0. The molecule has 0 aromatic heterocycles. The van der Waals surface area contributed by atoms with E-state index in [1.165, 1.54) is 5.57 Å². The first kappa shape index (κ1) is 8.75. The van der Waals surface area contributed by atoms with E-state index in [1.54, 1.807) is 0 Å². The van der Waals surface area contributed by atoms with Gasteiger partial charge in [-0.25, -0.2) is 0 Å². The van der Waals surface area contributed by atoms with E-state index >= 15 is 0 Å². The highest BCUT2D eigenvalue weighted by Gasteiger charge is 2.32. The van der Waals surface area contributed by atoms with Crippen LogP contribution < -0.4 is 5.32 Å². The zero-order valence-electron chi connectivity index (χ0n) is 7.44. The number of hydrogen-bond donors (Lipinski definition) is 1. The van der Waals surface area contributed by atoms with Crippen molar-refractivity contribution in [2.24, 2.45) is 5.41 Å². The van der Waals surface area contributed by atoms with E-state index in [-0.39, 0.29) is 0 Å². The Morgan fingerprint density at radius 3 is 2.64 bits per heavy atom. The number of hydrogen-bond acceptors (Lipinski definition) is 2. The van der Waals surface area contributed by atoms with Gasteiger partial charge in [0.1, 0.15) is 0 Å². The van der Waals surface area contributed by atoms with E-state index < -0.39 is 0 Å². The Hall–Kier alpha value is -0.340. The van der Waals surface area contributed by atoms with E-state index in [2.05, 4.69) is 18.8 Å². The Bertz CT molecular complexity index is 150. The molecule has 1 aliphatic heterocycles. The first-order chi connectivity index (χ1) is 5.12. The maximum Gasteiger partial charge on any atom is 0.0554 e. The van der Waals surface area contributed by atoms with Gasteiger partial charge in [0.15, 0.2) is 0 Å². The summed E-state index contributed by atoms with van der Waals surface area (Å²) in [5, 5.41) is 3.35. The molecular weight excluding hydrogens is 138 g/mol. The van der Waals surface area contributed by atoms with Gasteiger partial charge in [-0.2, -0.15) is 0 Å². The summed E-state index contributed by atoms with van der Waals surface area (Å²) < 4.78 is 5.13. The van der Waals surface area contributed by atoms with Crippen molar-refractivity contribution in [3.8, 4) is 0 Å². The summed E-state index contributed by atoms with van der Waals surface area (Å²) in [5.74, 6) is 0. The van der Waals surface area contributed by atoms with Gasteiger partial charge in [-0.3, -0.25) is 0 Å². The van der Waals surface area contributed by atoms with Crippen LogP contribution in [0, 0.1) is 5.41 Å². The van der Waals surface area contributed by atoms with Crippen molar-refractivity contribution in [2.75, 3.05) is 26.3 Å². The van der Waals surface area contributed by atoms with Gasteiger partial charge in [0.2, 0.25) is 0 Å². The third-order valence-electron chi connectivity index (χ3n) is 1.88. The highest BCUT2D eigenvalue weighted by molar-refractivity contribution is 4.92. The Balaban J connectivity index is 2.07. The van der Waals surface area contributed by atoms with Gasteiger partial charge in [-0.15, -0.1) is 0 Å². The highest BCUT2D eigenvalue weighted by atomic mass is 16.5. The Morgan fingerprint density at radius 2 is 2.27 bits per heavy atom. The number of nitrogens with one attached hydrogen (secondary N) is 1. The predicted octanol–water partition coefficient (Wildman–Crippen LogP) is 1.19. The topological polar surface area (TPSA) is 21.3 Å². The van der Waals surface area contributed by atoms with Gasteiger partial charge in [-0.05, 0) is 6.92 Å². The van der Waals surface area contributed by atoms with Crippen molar-refractivity contribution >= 4 is 0 Å². The largest absolute Gasteiger partial charge is 0.380 e. The van der Waals surface area contributed by atoms with E-state index in [1.807, 2.05) is 6.92 Å². The van der Waals surface area contributed by atoms with E-state index in [4.69, 9.17) is 4.74 Å². The smallest absolute Gasteiger partial charge is 0.0554 e. The monoisotopic (exact) mass is 155 g/mol. The molecule has 2 heteroatoms. The Kier molecular flexibility index (Phi) is 2.68. The van der Waals surface area contributed by atoms with Crippen LogP contribution in [0.1, 0.15) is 13.8 Å². The van der Waals surface area contributed by atoms with Gasteiger partial charge >= 0.3 is 0 Å². The maximum atomic E-state index is 5.13. The highest BCUT2D eigenvalue weighted by Crippen LogP contribution is 2.24. The van der Waals surface area contributed by atoms with Crippen LogP contribution >= 0.6 is 0 Å². The molecule has 1 N–H and O–H groups in total. The lowest BCUT2D eigenvalue weighted by atomic mass is 9.89. The van der Waals surface area contributed by atoms with Gasteiger partial charge in [-0.1, -0.05) is 19.1 Å². The first-order valence-corrected chi connectivity index (χ1v) is 4.05. The quantitative estimate of drug-likeness (QED) is 0.616. The van der Waals surface area contributed by atoms with Crippen LogP contribution in [0.4, 0.5) is 0 Å². The summed E-state index contributed by atoms with van der Waals surface area (Å²) in [6.45, 7) is 11.9. The second-order valence-corrected chi connectivity index (χ2v) is 3.86. The van der Waals surface area contributed by atoms with Gasteiger partial charge in [0.05, 0.1) is 13.2 Å². The van der Waals surface area contributed by atoms with Gasteiger partial charge in [0, 0.05) is 18.5 Å². The molecule has 1 saturated heterocycles. The molecule has 1 aliphatic rings. The van der Waals surface area contributed by atoms with Crippen molar-refractivity contribution < 1.29 is 4.74 Å². The van der Waals surface area contributed by atoms with Crippen LogP contribution in [0.2, 0.25) is 0 Å². The lowest BCUT2D eigenvalue weighted by Gasteiger charge is -2.38. The summed E-state index contributed by atoms with van der Waals surface area (Å²) >= 11 is 0. The van der Waals surface area contributed by atoms with Crippen molar-refractivity contribution in [1.29, 1.82) is 0 Å². The van der Waals surface area contributed by atoms with Gasteiger partial charge < -0.3 is 10.1 Å². The minimum Gasteiger partial charge on any atom is -0.380 e. The third-order valence-corrected chi connectivity index (χ3v) is 1.88. The summed E-state index contributed by atoms with van der Waals surface area (Å²) in [7, 11) is 0. The molecule has 0 amide bonds. The molecule has 1 heterocycles. The van der Waals surface area contributed by atoms with Crippen LogP contribution in [0.15, 0.2) is 12.2 Å². The fraction of sp³-hybridized carbons (Fsp3) is 0.778. The van der Waals surface area contributed by atoms with Crippen molar-refractivity contribution in [2.45, 2.75) is 13.8 Å². The number of rotatable bonds is 4. The number of ether oxygens (including phenoxy) is 1. The summed E-state index contributed by atoms with van der Waals surface area (Å²) in [4.78, 5) is 0. The van der Waals surface area contributed by atoms with E-state index in [0.29, 0.717) is 5.41 Å². The molecule has 0 atom stereocenters. The lowest BCUT2D eigenvalue weighted by molar-refractivity contribution is -0.0986. The van der Waals surface area contributed by atoms with Crippen LogP contribution in [-0.2, 0) is 4.74 Å². The molecule has 0 aromatic rings. The van der Waals surface area contributed by atoms with Crippen LogP contribution in [-0.4, -0.2) is 26.3 Å². The first-order valence-electron chi connectivity index (χ1n) is 4.05. The normalized spacial score (nSPS) is 20.9. The molecular formula is C9H17NO. The third kappa shape index (κ3) is 2.64. The minimum atomic E-state index is 0.384. The van der Waals surface area contributed by atoms with Crippen molar-refractivity contribution in [3.05, 3.63) is 12.2 Å². The second kappa shape index (κ2) is 3.37. The Morgan fingerprint density at radius 1 is 1.64 bits per heavy atom. The van der Waals surface area contributed by atoms with Crippen molar-refractivity contribution in [1.82, 2.24) is 5.32 Å². The molecule has 0 aromatic carbocycles. The van der Waals surface area contributed by atoms with Crippen molar-refractivity contribution in [3.63, 3.8) is 0 Å². The van der Waals surface area contributed by atoms with Gasteiger partial charge in [0.25, 0.3) is 0 Å². The fourth-order valence-electron chi connectivity index (χ4n) is 1.13. The van der Waals surface area contributed by atoms with Crippen LogP contribution in [0.3, 0.4) is 0 Å². The molecule has 0 spiro atoms. The molecule has 1 rings (SSSR count). The second-order valence-electron chi connectivity index (χ2n) is 3.86. The van der Waals surface area contributed by atoms with E-state index in [9.17, 15) is 0 Å². The molecule has 0 saturated carbocycles. The Labute approximate surface area is 68.6 Å². The minimum absolute atomic E-state index is 0.384.